The third kappa shape index (κ3) is 3.16. The molecule has 2 rings (SSSR count). The van der Waals surface area contributed by atoms with Gasteiger partial charge in [0, 0.05) is 19.2 Å². The lowest BCUT2D eigenvalue weighted by molar-refractivity contribution is -0.137. The van der Waals surface area contributed by atoms with Crippen LogP contribution in [0, 0.1) is 0 Å². The molecule has 5 heteroatoms. The van der Waals surface area contributed by atoms with Crippen molar-refractivity contribution in [2.24, 2.45) is 0 Å². The Labute approximate surface area is 113 Å². The molecule has 1 aliphatic rings. The molecule has 1 aromatic heterocycles. The number of aliphatic carboxylic acids is 1. The Kier molecular flexibility index (Phi) is 3.93. The highest BCUT2D eigenvalue weighted by atomic mass is 16.4. The summed E-state index contributed by atoms with van der Waals surface area (Å²) in [6.45, 7) is 5.20. The van der Waals surface area contributed by atoms with Gasteiger partial charge in [-0.05, 0) is 32.8 Å². The average molecular weight is 263 g/mol. The van der Waals surface area contributed by atoms with Crippen LogP contribution in [0.5, 0.6) is 0 Å². The van der Waals surface area contributed by atoms with Crippen LogP contribution in [-0.2, 0) is 4.79 Å². The second kappa shape index (κ2) is 5.47. The monoisotopic (exact) mass is 263 g/mol. The van der Waals surface area contributed by atoms with Crippen LogP contribution in [-0.4, -0.2) is 28.3 Å². The van der Waals surface area contributed by atoms with E-state index in [0.717, 1.165) is 37.2 Å². The van der Waals surface area contributed by atoms with Gasteiger partial charge in [-0.15, -0.1) is 0 Å². The first-order valence-electron chi connectivity index (χ1n) is 6.72. The Morgan fingerprint density at radius 2 is 2.21 bits per heavy atom. The maximum atomic E-state index is 10.5. The lowest BCUT2D eigenvalue weighted by atomic mass is 10.1. The van der Waals surface area contributed by atoms with Crippen molar-refractivity contribution in [3.63, 3.8) is 0 Å². The maximum absolute atomic E-state index is 10.5. The van der Waals surface area contributed by atoms with Crippen LogP contribution < -0.4 is 10.2 Å². The van der Waals surface area contributed by atoms with Crippen LogP contribution in [0.25, 0.3) is 0 Å². The number of rotatable bonds is 6. The molecule has 1 aromatic rings. The van der Waals surface area contributed by atoms with E-state index in [4.69, 9.17) is 5.11 Å². The third-order valence-corrected chi connectivity index (χ3v) is 3.48. The molecule has 0 spiro atoms. The summed E-state index contributed by atoms with van der Waals surface area (Å²) < 4.78 is 0. The molecule has 1 aliphatic heterocycles. The van der Waals surface area contributed by atoms with Gasteiger partial charge in [0.15, 0.2) is 0 Å². The number of pyridine rings is 1. The molecule has 0 aliphatic carbocycles. The molecule has 0 fully saturated rings. The fourth-order valence-corrected chi connectivity index (χ4v) is 2.53. The van der Waals surface area contributed by atoms with Crippen LogP contribution in [0.1, 0.15) is 39.5 Å². The van der Waals surface area contributed by atoms with E-state index in [2.05, 4.69) is 29.0 Å². The zero-order valence-electron chi connectivity index (χ0n) is 11.5. The molecule has 0 aromatic carbocycles. The SMILES string of the molecule is CC1(C)Nc2ccncc2N1CCCCCC(=O)O. The van der Waals surface area contributed by atoms with E-state index in [1.807, 2.05) is 12.3 Å². The lowest BCUT2D eigenvalue weighted by Crippen LogP contribution is -2.45. The van der Waals surface area contributed by atoms with Gasteiger partial charge in [-0.1, -0.05) is 6.42 Å². The lowest BCUT2D eigenvalue weighted by Gasteiger charge is -2.33. The summed E-state index contributed by atoms with van der Waals surface area (Å²) in [5, 5.41) is 12.1. The van der Waals surface area contributed by atoms with Crippen molar-refractivity contribution >= 4 is 17.3 Å². The Balaban J connectivity index is 1.90. The summed E-state index contributed by atoms with van der Waals surface area (Å²) in [5.41, 5.74) is 2.13. The molecule has 0 atom stereocenters. The minimum absolute atomic E-state index is 0.113. The van der Waals surface area contributed by atoms with Gasteiger partial charge in [0.05, 0.1) is 17.6 Å². The Bertz CT molecular complexity index is 460. The van der Waals surface area contributed by atoms with E-state index in [9.17, 15) is 4.79 Å². The Hall–Kier alpha value is -1.78. The van der Waals surface area contributed by atoms with Gasteiger partial charge in [0.2, 0.25) is 0 Å². The van der Waals surface area contributed by atoms with Crippen molar-refractivity contribution in [3.8, 4) is 0 Å². The van der Waals surface area contributed by atoms with Crippen molar-refractivity contribution in [3.05, 3.63) is 18.5 Å². The van der Waals surface area contributed by atoms with Crippen molar-refractivity contribution in [1.82, 2.24) is 4.98 Å². The van der Waals surface area contributed by atoms with E-state index in [1.54, 1.807) is 6.20 Å². The van der Waals surface area contributed by atoms with Crippen LogP contribution in [0.4, 0.5) is 11.4 Å². The Morgan fingerprint density at radius 1 is 1.42 bits per heavy atom. The number of unbranched alkanes of at least 4 members (excludes halogenated alkanes) is 2. The topological polar surface area (TPSA) is 65.5 Å². The number of nitrogens with zero attached hydrogens (tertiary/aromatic N) is 2. The van der Waals surface area contributed by atoms with E-state index < -0.39 is 5.97 Å². The minimum Gasteiger partial charge on any atom is -0.481 e. The molecule has 5 nitrogen and oxygen atoms in total. The standard InChI is InChI=1S/C14H21N3O2/c1-14(2)16-11-7-8-15-10-12(11)17(14)9-5-3-4-6-13(18)19/h7-8,10,16H,3-6,9H2,1-2H3,(H,18,19). The summed E-state index contributed by atoms with van der Waals surface area (Å²) in [6, 6.07) is 1.99. The molecule has 104 valence electrons. The predicted octanol–water partition coefficient (Wildman–Crippen LogP) is 2.69. The summed E-state index contributed by atoms with van der Waals surface area (Å²) >= 11 is 0. The molecular formula is C14H21N3O2. The molecule has 2 heterocycles. The van der Waals surface area contributed by atoms with Gasteiger partial charge in [-0.3, -0.25) is 9.78 Å². The highest BCUT2D eigenvalue weighted by molar-refractivity contribution is 5.76. The zero-order valence-corrected chi connectivity index (χ0v) is 11.5. The molecular weight excluding hydrogens is 242 g/mol. The number of hydrogen-bond acceptors (Lipinski definition) is 4. The Morgan fingerprint density at radius 3 is 2.95 bits per heavy atom. The van der Waals surface area contributed by atoms with Gasteiger partial charge in [-0.2, -0.15) is 0 Å². The summed E-state index contributed by atoms with van der Waals surface area (Å²) in [4.78, 5) is 16.9. The van der Waals surface area contributed by atoms with Crippen LogP contribution in [0.3, 0.4) is 0 Å². The molecule has 0 bridgehead atoms. The zero-order chi connectivity index (χ0) is 13.9. The van der Waals surface area contributed by atoms with Gasteiger partial charge in [-0.25, -0.2) is 0 Å². The second-order valence-electron chi connectivity index (χ2n) is 5.43. The number of carbonyl (C=O) groups is 1. The molecule has 0 saturated heterocycles. The normalized spacial score (nSPS) is 16.0. The van der Waals surface area contributed by atoms with Crippen LogP contribution in [0.15, 0.2) is 18.5 Å². The van der Waals surface area contributed by atoms with Crippen molar-refractivity contribution in [1.29, 1.82) is 0 Å². The van der Waals surface area contributed by atoms with Crippen LogP contribution >= 0.6 is 0 Å². The van der Waals surface area contributed by atoms with E-state index in [-0.39, 0.29) is 12.1 Å². The molecule has 19 heavy (non-hydrogen) atoms. The molecule has 0 radical (unpaired) electrons. The smallest absolute Gasteiger partial charge is 0.303 e. The highest BCUT2D eigenvalue weighted by Crippen LogP contribution is 2.38. The fourth-order valence-electron chi connectivity index (χ4n) is 2.53. The van der Waals surface area contributed by atoms with Gasteiger partial charge in [0.1, 0.15) is 5.66 Å². The van der Waals surface area contributed by atoms with Crippen LogP contribution in [0.2, 0.25) is 0 Å². The molecule has 0 saturated carbocycles. The largest absolute Gasteiger partial charge is 0.481 e. The number of carboxylic acid groups (broad SMARTS) is 1. The van der Waals surface area contributed by atoms with Crippen molar-refractivity contribution < 1.29 is 9.90 Å². The first-order chi connectivity index (χ1) is 9.00. The number of anilines is 2. The number of nitrogens with one attached hydrogen (secondary N) is 1. The van der Waals surface area contributed by atoms with E-state index >= 15 is 0 Å². The average Bonchev–Trinajstić information content (AvgIpc) is 2.59. The quantitative estimate of drug-likeness (QED) is 0.772. The van der Waals surface area contributed by atoms with E-state index in [0.29, 0.717) is 0 Å². The number of fused-ring (bicyclic) bond motifs is 1. The first kappa shape index (κ1) is 13.6. The summed E-state index contributed by atoms with van der Waals surface area (Å²) in [7, 11) is 0. The maximum Gasteiger partial charge on any atom is 0.303 e. The van der Waals surface area contributed by atoms with Gasteiger partial charge in [0.25, 0.3) is 0 Å². The predicted molar refractivity (Wildman–Crippen MR) is 75.4 cm³/mol. The summed E-state index contributed by atoms with van der Waals surface area (Å²) in [5.74, 6) is -0.710. The number of carboxylic acids is 1. The highest BCUT2D eigenvalue weighted by Gasteiger charge is 2.34. The number of hydrogen-bond donors (Lipinski definition) is 2. The second-order valence-corrected chi connectivity index (χ2v) is 5.43. The molecule has 2 N–H and O–H groups in total. The number of aromatic nitrogens is 1. The van der Waals surface area contributed by atoms with Gasteiger partial charge < -0.3 is 15.3 Å². The fraction of sp³-hybridized carbons (Fsp3) is 0.571. The van der Waals surface area contributed by atoms with Gasteiger partial charge >= 0.3 is 5.97 Å². The van der Waals surface area contributed by atoms with Crippen molar-refractivity contribution in [2.75, 3.05) is 16.8 Å². The van der Waals surface area contributed by atoms with E-state index in [1.165, 1.54) is 0 Å². The first-order valence-corrected chi connectivity index (χ1v) is 6.72. The molecule has 0 unspecified atom stereocenters. The molecule has 0 amide bonds. The minimum atomic E-state index is -0.710. The van der Waals surface area contributed by atoms with Crippen molar-refractivity contribution in [2.45, 2.75) is 45.2 Å². The summed E-state index contributed by atoms with van der Waals surface area (Å²) in [6.07, 6.45) is 6.62. The third-order valence-electron chi connectivity index (χ3n) is 3.48.